The predicted molar refractivity (Wildman–Crippen MR) is 198 cm³/mol. The smallest absolute Gasteiger partial charge is 0.338 e. The van der Waals surface area contributed by atoms with Crippen molar-refractivity contribution < 1.29 is 38.1 Å². The summed E-state index contributed by atoms with van der Waals surface area (Å²) in [6, 6.07) is 29.6. The van der Waals surface area contributed by atoms with Gasteiger partial charge in [-0.05, 0) is 128 Å². The number of carbonyl (C=O) groups is 4. The number of ether oxygens (including phenoxy) is 4. The van der Waals surface area contributed by atoms with E-state index < -0.39 is 0 Å². The summed E-state index contributed by atoms with van der Waals surface area (Å²) in [5.74, 6) is -0.156. The van der Waals surface area contributed by atoms with Crippen LogP contribution in [0.25, 0.3) is 0 Å². The molecule has 0 spiro atoms. The van der Waals surface area contributed by atoms with Crippen molar-refractivity contribution >= 4 is 23.9 Å². The molecule has 8 nitrogen and oxygen atoms in total. The van der Waals surface area contributed by atoms with Gasteiger partial charge >= 0.3 is 23.9 Å². The highest BCUT2D eigenvalue weighted by Gasteiger charge is 2.32. The molecule has 0 heterocycles. The van der Waals surface area contributed by atoms with Gasteiger partial charge in [0.15, 0.2) is 0 Å². The van der Waals surface area contributed by atoms with Crippen molar-refractivity contribution in [3.63, 3.8) is 0 Å². The molecule has 2 aliphatic carbocycles. The number of rotatable bonds is 8. The SMILES string of the molecule is Cc1ccc(C(=O)OC2CCC(OC(=O)c3ccc(C)cc3)CC2)cc1.Cc1ccc(OC(=O)C2CCC(C(=O)Oc3ccc(C)cc3)CC2)cc1. The summed E-state index contributed by atoms with van der Waals surface area (Å²) in [6.07, 6.45) is 5.23. The van der Waals surface area contributed by atoms with E-state index in [2.05, 4.69) is 0 Å². The lowest BCUT2D eigenvalue weighted by molar-refractivity contribution is -0.145. The van der Waals surface area contributed by atoms with E-state index in [-0.39, 0.29) is 47.9 Å². The van der Waals surface area contributed by atoms with E-state index in [4.69, 9.17) is 18.9 Å². The van der Waals surface area contributed by atoms with E-state index in [0.29, 0.717) is 74.0 Å². The molecule has 0 N–H and O–H groups in total. The van der Waals surface area contributed by atoms with Gasteiger partial charge in [-0.15, -0.1) is 0 Å². The lowest BCUT2D eigenvalue weighted by atomic mass is 9.82. The molecule has 0 atom stereocenters. The first-order chi connectivity index (χ1) is 25.0. The average molecular weight is 705 g/mol. The van der Waals surface area contributed by atoms with Crippen LogP contribution in [0.15, 0.2) is 97.1 Å². The molecule has 0 bridgehead atoms. The van der Waals surface area contributed by atoms with E-state index in [1.807, 2.05) is 76.2 Å². The fraction of sp³-hybridized carbons (Fsp3) is 0.364. The molecule has 8 heteroatoms. The quantitative estimate of drug-likeness (QED) is 0.132. The zero-order valence-corrected chi connectivity index (χ0v) is 30.5. The molecular formula is C44H48O8. The van der Waals surface area contributed by atoms with Crippen LogP contribution in [0.3, 0.4) is 0 Å². The Balaban J connectivity index is 0.000000201. The first-order valence-electron chi connectivity index (χ1n) is 18.1. The molecule has 2 aliphatic rings. The van der Waals surface area contributed by atoms with Crippen LogP contribution in [0.4, 0.5) is 0 Å². The second kappa shape index (κ2) is 18.3. The third kappa shape index (κ3) is 11.4. The molecule has 0 saturated heterocycles. The van der Waals surface area contributed by atoms with Gasteiger partial charge in [0.1, 0.15) is 23.7 Å². The summed E-state index contributed by atoms with van der Waals surface area (Å²) in [5.41, 5.74) is 5.61. The Kier molecular flexibility index (Phi) is 13.4. The van der Waals surface area contributed by atoms with Crippen molar-refractivity contribution in [2.45, 2.75) is 91.3 Å². The van der Waals surface area contributed by atoms with Crippen molar-refractivity contribution in [2.75, 3.05) is 0 Å². The molecule has 0 unspecified atom stereocenters. The Morgan fingerprint density at radius 3 is 0.962 bits per heavy atom. The van der Waals surface area contributed by atoms with Crippen LogP contribution in [0, 0.1) is 39.5 Å². The fourth-order valence-corrected chi connectivity index (χ4v) is 6.26. The fourth-order valence-electron chi connectivity index (χ4n) is 6.26. The minimum absolute atomic E-state index is 0.113. The summed E-state index contributed by atoms with van der Waals surface area (Å²) in [4.78, 5) is 49.0. The molecule has 0 amide bonds. The topological polar surface area (TPSA) is 105 Å². The Morgan fingerprint density at radius 1 is 0.404 bits per heavy atom. The number of aryl methyl sites for hydroxylation is 4. The van der Waals surface area contributed by atoms with E-state index in [1.165, 1.54) is 0 Å². The van der Waals surface area contributed by atoms with Gasteiger partial charge in [-0.3, -0.25) is 9.59 Å². The highest BCUT2D eigenvalue weighted by Crippen LogP contribution is 2.31. The standard InChI is InChI=1S/2C22H24O4/c1-15-3-11-19(12-4-15)25-21(23)17-7-9-18(10-8-17)22(24)26-20-13-5-16(2)6-14-20;1-15-3-7-17(8-4-15)21(23)25-19-11-13-20(14-12-19)26-22(24)18-9-5-16(2)6-10-18/h3-6,11-14,17-18H,7-10H2,1-2H3;3-10,19-20H,11-14H2,1-2H3. The van der Waals surface area contributed by atoms with Crippen molar-refractivity contribution in [3.8, 4) is 11.5 Å². The van der Waals surface area contributed by atoms with Gasteiger partial charge in [0.05, 0.1) is 23.0 Å². The van der Waals surface area contributed by atoms with Gasteiger partial charge in [-0.1, -0.05) is 70.8 Å². The summed E-state index contributed by atoms with van der Waals surface area (Å²) < 4.78 is 22.1. The van der Waals surface area contributed by atoms with Crippen LogP contribution in [-0.4, -0.2) is 36.1 Å². The number of hydrogen-bond acceptors (Lipinski definition) is 8. The average Bonchev–Trinajstić information content (AvgIpc) is 3.15. The van der Waals surface area contributed by atoms with Crippen LogP contribution < -0.4 is 9.47 Å². The van der Waals surface area contributed by atoms with E-state index in [0.717, 1.165) is 22.3 Å². The van der Waals surface area contributed by atoms with Crippen molar-refractivity contribution in [1.82, 2.24) is 0 Å². The van der Waals surface area contributed by atoms with Crippen molar-refractivity contribution in [1.29, 1.82) is 0 Å². The van der Waals surface area contributed by atoms with E-state index in [1.54, 1.807) is 48.5 Å². The molecule has 4 aromatic rings. The molecular weight excluding hydrogens is 656 g/mol. The van der Waals surface area contributed by atoms with Gasteiger partial charge in [0.2, 0.25) is 0 Å². The zero-order chi connectivity index (χ0) is 37.0. The number of esters is 4. The molecule has 0 aliphatic heterocycles. The Bertz CT molecular complexity index is 1640. The number of carbonyl (C=O) groups excluding carboxylic acids is 4. The first-order valence-corrected chi connectivity index (χ1v) is 18.1. The summed E-state index contributed by atoms with van der Waals surface area (Å²) in [7, 11) is 0. The normalized spacial score (nSPS) is 19.6. The van der Waals surface area contributed by atoms with E-state index >= 15 is 0 Å². The lowest BCUT2D eigenvalue weighted by Gasteiger charge is -2.28. The monoisotopic (exact) mass is 704 g/mol. The molecule has 272 valence electrons. The summed E-state index contributed by atoms with van der Waals surface area (Å²) in [6.45, 7) is 7.94. The van der Waals surface area contributed by atoms with Gasteiger partial charge < -0.3 is 18.9 Å². The van der Waals surface area contributed by atoms with Gasteiger partial charge in [-0.25, -0.2) is 9.59 Å². The Morgan fingerprint density at radius 2 is 0.673 bits per heavy atom. The highest BCUT2D eigenvalue weighted by atomic mass is 16.6. The van der Waals surface area contributed by atoms with Gasteiger partial charge in [0, 0.05) is 0 Å². The largest absolute Gasteiger partial charge is 0.459 e. The molecule has 0 aromatic heterocycles. The summed E-state index contributed by atoms with van der Waals surface area (Å²) in [5, 5.41) is 0. The highest BCUT2D eigenvalue weighted by molar-refractivity contribution is 5.90. The second-order valence-electron chi connectivity index (χ2n) is 14.0. The Hall–Kier alpha value is -5.24. The number of benzene rings is 4. The van der Waals surface area contributed by atoms with Crippen LogP contribution in [0.5, 0.6) is 11.5 Å². The number of hydrogen-bond donors (Lipinski definition) is 0. The minimum Gasteiger partial charge on any atom is -0.459 e. The van der Waals surface area contributed by atoms with Crippen molar-refractivity contribution in [3.05, 3.63) is 130 Å². The molecule has 52 heavy (non-hydrogen) atoms. The van der Waals surface area contributed by atoms with Crippen LogP contribution in [0.2, 0.25) is 0 Å². The summed E-state index contributed by atoms with van der Waals surface area (Å²) >= 11 is 0. The third-order valence-corrected chi connectivity index (χ3v) is 9.62. The maximum Gasteiger partial charge on any atom is 0.338 e. The van der Waals surface area contributed by atoms with Crippen LogP contribution >= 0.6 is 0 Å². The van der Waals surface area contributed by atoms with E-state index in [9.17, 15) is 19.2 Å². The predicted octanol–water partition coefficient (Wildman–Crippen LogP) is 9.25. The van der Waals surface area contributed by atoms with Crippen LogP contribution in [0.1, 0.15) is 94.3 Å². The van der Waals surface area contributed by atoms with Crippen LogP contribution in [-0.2, 0) is 19.1 Å². The first kappa shape index (κ1) is 38.0. The second-order valence-corrected chi connectivity index (χ2v) is 14.0. The maximum absolute atomic E-state index is 12.3. The van der Waals surface area contributed by atoms with Gasteiger partial charge in [0.25, 0.3) is 0 Å². The Labute approximate surface area is 306 Å². The lowest BCUT2D eigenvalue weighted by Crippen LogP contribution is -2.30. The van der Waals surface area contributed by atoms with Gasteiger partial charge in [-0.2, -0.15) is 0 Å². The maximum atomic E-state index is 12.3. The molecule has 2 saturated carbocycles. The van der Waals surface area contributed by atoms with Crippen molar-refractivity contribution in [2.24, 2.45) is 11.8 Å². The molecule has 4 aromatic carbocycles. The third-order valence-electron chi connectivity index (χ3n) is 9.62. The molecule has 6 rings (SSSR count). The molecule has 2 fully saturated rings. The molecule has 0 radical (unpaired) electrons. The zero-order valence-electron chi connectivity index (χ0n) is 30.5. The minimum atomic E-state index is -0.287.